The van der Waals surface area contributed by atoms with Gasteiger partial charge in [-0.25, -0.2) is 0 Å². The van der Waals surface area contributed by atoms with Crippen LogP contribution in [0.15, 0.2) is 24.3 Å². The highest BCUT2D eigenvalue weighted by atomic mass is 32.2. The van der Waals surface area contributed by atoms with E-state index in [4.69, 9.17) is 5.11 Å². The van der Waals surface area contributed by atoms with Crippen LogP contribution in [0.5, 0.6) is 5.75 Å². The zero-order valence-corrected chi connectivity index (χ0v) is 12.1. The smallest absolute Gasteiger partial charge is 0.321 e. The Kier molecular flexibility index (Phi) is 5.93. The number of esters is 1. The van der Waals surface area contributed by atoms with Crippen molar-refractivity contribution >= 4 is 16.2 Å². The molecule has 0 amide bonds. The Bertz CT molecular complexity index is 541. The fourth-order valence-electron chi connectivity index (χ4n) is 1.47. The van der Waals surface area contributed by atoms with Gasteiger partial charge in [-0.1, -0.05) is 12.1 Å². The van der Waals surface area contributed by atoms with E-state index in [2.05, 4.69) is 14.2 Å². The summed E-state index contributed by atoms with van der Waals surface area (Å²) in [4.78, 5) is 11.1. The standard InChI is InChI=1S/C12H18N2O5S/c1-3-19-12(16)8-13-20(17,18)14-9(2)10-4-6-11(15)7-5-10/h4-7,9,13-15H,3,8H2,1-2H3/t9-/m0/s1. The maximum atomic E-state index is 11.7. The van der Waals surface area contributed by atoms with Gasteiger partial charge in [0.1, 0.15) is 12.3 Å². The first-order valence-corrected chi connectivity index (χ1v) is 7.54. The van der Waals surface area contributed by atoms with Gasteiger partial charge in [-0.05, 0) is 31.5 Å². The Labute approximate surface area is 118 Å². The molecule has 0 radical (unpaired) electrons. The SMILES string of the molecule is CCOC(=O)CNS(=O)(=O)N[C@@H](C)c1ccc(O)cc1. The van der Waals surface area contributed by atoms with E-state index in [9.17, 15) is 13.2 Å². The van der Waals surface area contributed by atoms with Gasteiger partial charge in [0.25, 0.3) is 10.2 Å². The van der Waals surface area contributed by atoms with Crippen LogP contribution in [0.4, 0.5) is 0 Å². The molecule has 0 aliphatic carbocycles. The largest absolute Gasteiger partial charge is 0.508 e. The fraction of sp³-hybridized carbons (Fsp3) is 0.417. The minimum atomic E-state index is -3.82. The van der Waals surface area contributed by atoms with Gasteiger partial charge in [-0.3, -0.25) is 4.79 Å². The number of carbonyl (C=O) groups is 1. The molecule has 0 saturated heterocycles. The number of ether oxygens (including phenoxy) is 1. The van der Waals surface area contributed by atoms with Gasteiger partial charge in [-0.15, -0.1) is 0 Å². The van der Waals surface area contributed by atoms with Crippen LogP contribution in [0.3, 0.4) is 0 Å². The number of nitrogens with one attached hydrogen (secondary N) is 2. The minimum absolute atomic E-state index is 0.101. The molecular weight excluding hydrogens is 284 g/mol. The van der Waals surface area contributed by atoms with E-state index in [1.165, 1.54) is 12.1 Å². The summed E-state index contributed by atoms with van der Waals surface area (Å²) < 4.78 is 32.5. The third-order valence-corrected chi connectivity index (χ3v) is 3.63. The summed E-state index contributed by atoms with van der Waals surface area (Å²) in [6.07, 6.45) is 0. The van der Waals surface area contributed by atoms with E-state index in [-0.39, 0.29) is 12.4 Å². The molecule has 1 aromatic carbocycles. The van der Waals surface area contributed by atoms with Crippen molar-refractivity contribution in [3.63, 3.8) is 0 Å². The lowest BCUT2D eigenvalue weighted by Gasteiger charge is -2.15. The Morgan fingerprint density at radius 1 is 1.35 bits per heavy atom. The van der Waals surface area contributed by atoms with E-state index in [1.807, 2.05) is 0 Å². The molecular formula is C12H18N2O5S. The first-order chi connectivity index (χ1) is 9.34. The number of hydrogen-bond donors (Lipinski definition) is 3. The summed E-state index contributed by atoms with van der Waals surface area (Å²) in [7, 11) is -3.82. The lowest BCUT2D eigenvalue weighted by molar-refractivity contribution is -0.141. The summed E-state index contributed by atoms with van der Waals surface area (Å²) in [5.74, 6) is -0.542. The number of carbonyl (C=O) groups excluding carboxylic acids is 1. The van der Waals surface area contributed by atoms with Crippen molar-refractivity contribution in [1.82, 2.24) is 9.44 Å². The predicted octanol–water partition coefficient (Wildman–Crippen LogP) is 0.440. The van der Waals surface area contributed by atoms with Gasteiger partial charge in [0.05, 0.1) is 6.61 Å². The van der Waals surface area contributed by atoms with Gasteiger partial charge in [0, 0.05) is 6.04 Å². The highest BCUT2D eigenvalue weighted by molar-refractivity contribution is 7.87. The third kappa shape index (κ3) is 5.55. The highest BCUT2D eigenvalue weighted by Gasteiger charge is 2.16. The van der Waals surface area contributed by atoms with Crippen molar-refractivity contribution in [2.45, 2.75) is 19.9 Å². The normalized spacial score (nSPS) is 12.9. The first-order valence-electron chi connectivity index (χ1n) is 6.05. The fourth-order valence-corrected chi connectivity index (χ4v) is 2.46. The van der Waals surface area contributed by atoms with Crippen LogP contribution in [-0.4, -0.2) is 32.6 Å². The lowest BCUT2D eigenvalue weighted by Crippen LogP contribution is -2.40. The average molecular weight is 302 g/mol. The molecule has 1 aromatic rings. The van der Waals surface area contributed by atoms with Crippen LogP contribution < -0.4 is 9.44 Å². The van der Waals surface area contributed by atoms with E-state index in [0.717, 1.165) is 0 Å². The van der Waals surface area contributed by atoms with Crippen molar-refractivity contribution < 1.29 is 23.1 Å². The van der Waals surface area contributed by atoms with Crippen molar-refractivity contribution in [1.29, 1.82) is 0 Å². The molecule has 20 heavy (non-hydrogen) atoms. The molecule has 1 atom stereocenters. The molecule has 0 aromatic heterocycles. The second kappa shape index (κ2) is 7.22. The molecule has 0 spiro atoms. The predicted molar refractivity (Wildman–Crippen MR) is 73.2 cm³/mol. The molecule has 0 fully saturated rings. The Hall–Kier alpha value is -1.64. The molecule has 0 aliphatic heterocycles. The van der Waals surface area contributed by atoms with Gasteiger partial charge >= 0.3 is 5.97 Å². The van der Waals surface area contributed by atoms with E-state index >= 15 is 0 Å². The number of benzene rings is 1. The summed E-state index contributed by atoms with van der Waals surface area (Å²) in [6, 6.07) is 5.63. The summed E-state index contributed by atoms with van der Waals surface area (Å²) in [5.41, 5.74) is 0.685. The second-order valence-corrected chi connectivity index (χ2v) is 5.59. The molecule has 0 unspecified atom stereocenters. The molecule has 1 rings (SSSR count). The zero-order valence-electron chi connectivity index (χ0n) is 11.3. The average Bonchev–Trinajstić information content (AvgIpc) is 2.37. The Morgan fingerprint density at radius 2 is 1.95 bits per heavy atom. The van der Waals surface area contributed by atoms with Gasteiger partial charge in [0.15, 0.2) is 0 Å². The van der Waals surface area contributed by atoms with Crippen LogP contribution in [0.25, 0.3) is 0 Å². The molecule has 0 heterocycles. The summed E-state index contributed by atoms with van der Waals surface area (Å²) in [5, 5.41) is 9.16. The summed E-state index contributed by atoms with van der Waals surface area (Å²) in [6.45, 7) is 3.05. The van der Waals surface area contributed by atoms with Gasteiger partial charge in [-0.2, -0.15) is 17.9 Å². The molecule has 0 aliphatic rings. The lowest BCUT2D eigenvalue weighted by atomic mass is 10.1. The molecule has 0 bridgehead atoms. The molecule has 8 heteroatoms. The second-order valence-electron chi connectivity index (χ2n) is 4.06. The summed E-state index contributed by atoms with van der Waals surface area (Å²) >= 11 is 0. The number of phenolic OH excluding ortho intramolecular Hbond substituents is 1. The molecule has 3 N–H and O–H groups in total. The Balaban J connectivity index is 2.57. The maximum absolute atomic E-state index is 11.7. The van der Waals surface area contributed by atoms with Gasteiger partial charge in [0.2, 0.25) is 0 Å². The quantitative estimate of drug-likeness (QED) is 0.634. The number of phenols is 1. The van der Waals surface area contributed by atoms with Crippen LogP contribution in [0.2, 0.25) is 0 Å². The van der Waals surface area contributed by atoms with E-state index < -0.39 is 28.8 Å². The number of rotatable bonds is 7. The van der Waals surface area contributed by atoms with Crippen molar-refractivity contribution in [2.24, 2.45) is 0 Å². The third-order valence-electron chi connectivity index (χ3n) is 2.44. The topological polar surface area (TPSA) is 105 Å². The van der Waals surface area contributed by atoms with Crippen LogP contribution in [0, 0.1) is 0 Å². The molecule has 7 nitrogen and oxygen atoms in total. The highest BCUT2D eigenvalue weighted by Crippen LogP contribution is 2.16. The van der Waals surface area contributed by atoms with Crippen molar-refractivity contribution in [3.05, 3.63) is 29.8 Å². The van der Waals surface area contributed by atoms with E-state index in [1.54, 1.807) is 26.0 Å². The molecule has 112 valence electrons. The van der Waals surface area contributed by atoms with Crippen molar-refractivity contribution in [3.8, 4) is 5.75 Å². The van der Waals surface area contributed by atoms with Crippen molar-refractivity contribution in [2.75, 3.05) is 13.2 Å². The van der Waals surface area contributed by atoms with Crippen LogP contribution in [-0.2, 0) is 19.7 Å². The minimum Gasteiger partial charge on any atom is -0.508 e. The maximum Gasteiger partial charge on any atom is 0.321 e. The monoisotopic (exact) mass is 302 g/mol. The van der Waals surface area contributed by atoms with Crippen LogP contribution >= 0.6 is 0 Å². The first kappa shape index (κ1) is 16.4. The Morgan fingerprint density at radius 3 is 2.50 bits per heavy atom. The number of hydrogen-bond acceptors (Lipinski definition) is 5. The van der Waals surface area contributed by atoms with Crippen LogP contribution in [0.1, 0.15) is 25.5 Å². The van der Waals surface area contributed by atoms with Gasteiger partial charge < -0.3 is 9.84 Å². The van der Waals surface area contributed by atoms with E-state index in [0.29, 0.717) is 5.56 Å². The molecule has 0 saturated carbocycles. The number of aromatic hydroxyl groups is 1. The zero-order chi connectivity index (χ0) is 15.2.